The lowest BCUT2D eigenvalue weighted by Crippen LogP contribution is -2.49. The Morgan fingerprint density at radius 2 is 2.04 bits per heavy atom. The summed E-state index contributed by atoms with van der Waals surface area (Å²) in [6.45, 7) is 7.35. The molecule has 0 radical (unpaired) electrons. The third-order valence-corrected chi connectivity index (χ3v) is 4.39. The average Bonchev–Trinajstić information content (AvgIpc) is 2.96. The summed E-state index contributed by atoms with van der Waals surface area (Å²) >= 11 is 1.55. The maximum atomic E-state index is 12.5. The van der Waals surface area contributed by atoms with Crippen LogP contribution < -0.4 is 5.32 Å². The van der Waals surface area contributed by atoms with Gasteiger partial charge < -0.3 is 10.1 Å². The summed E-state index contributed by atoms with van der Waals surface area (Å²) < 4.78 is 5.38. The van der Waals surface area contributed by atoms with Gasteiger partial charge in [0.05, 0.1) is 11.9 Å². The highest BCUT2D eigenvalue weighted by molar-refractivity contribution is 7.99. The average molecular weight is 337 g/mol. The Morgan fingerprint density at radius 3 is 2.65 bits per heavy atom. The van der Waals surface area contributed by atoms with Crippen molar-refractivity contribution in [2.45, 2.75) is 45.4 Å². The van der Waals surface area contributed by atoms with Crippen molar-refractivity contribution < 1.29 is 14.3 Å². The number of carbonyl (C=O) groups excluding carboxylic acids is 2. The van der Waals surface area contributed by atoms with Crippen molar-refractivity contribution >= 4 is 23.8 Å². The lowest BCUT2D eigenvalue weighted by molar-refractivity contribution is -0.125. The van der Waals surface area contributed by atoms with Gasteiger partial charge >= 0.3 is 6.09 Å². The number of pyridine rings is 1. The molecule has 1 aromatic heterocycles. The lowest BCUT2D eigenvalue weighted by Gasteiger charge is -2.28. The van der Waals surface area contributed by atoms with Gasteiger partial charge in [0.1, 0.15) is 11.6 Å². The van der Waals surface area contributed by atoms with Crippen molar-refractivity contribution in [1.29, 1.82) is 0 Å². The molecule has 1 saturated heterocycles. The molecular formula is C16H23N3O3S. The van der Waals surface area contributed by atoms with Gasteiger partial charge in [0, 0.05) is 18.1 Å². The highest BCUT2D eigenvalue weighted by atomic mass is 32.2. The van der Waals surface area contributed by atoms with Crippen LogP contribution in [0.15, 0.2) is 24.5 Å². The maximum absolute atomic E-state index is 12.5. The minimum Gasteiger partial charge on any atom is -0.444 e. The van der Waals surface area contributed by atoms with Crippen molar-refractivity contribution in [3.63, 3.8) is 0 Å². The second-order valence-corrected chi connectivity index (χ2v) is 7.48. The van der Waals surface area contributed by atoms with Gasteiger partial charge in [0.15, 0.2) is 0 Å². The molecule has 1 aromatic rings. The highest BCUT2D eigenvalue weighted by Crippen LogP contribution is 2.24. The van der Waals surface area contributed by atoms with E-state index >= 15 is 0 Å². The first-order chi connectivity index (χ1) is 10.8. The molecule has 0 aliphatic carbocycles. The van der Waals surface area contributed by atoms with Crippen LogP contribution in [0.5, 0.6) is 0 Å². The maximum Gasteiger partial charge on any atom is 0.411 e. The van der Waals surface area contributed by atoms with Crippen LogP contribution in [-0.2, 0) is 9.53 Å². The Bertz CT molecular complexity index is 559. The number of rotatable bonds is 3. The summed E-state index contributed by atoms with van der Waals surface area (Å²) in [6, 6.07) is 3.08. The first-order valence-corrected chi connectivity index (χ1v) is 8.71. The molecule has 2 rings (SSSR count). The van der Waals surface area contributed by atoms with E-state index in [0.717, 1.165) is 5.56 Å². The SMILES string of the molecule is CC(NC(=O)[C@H]1CSCN1C(=O)OC(C)(C)C)c1ccncc1. The van der Waals surface area contributed by atoms with E-state index in [2.05, 4.69) is 10.3 Å². The van der Waals surface area contributed by atoms with Crippen LogP contribution in [0.25, 0.3) is 0 Å². The minimum absolute atomic E-state index is 0.142. The molecule has 7 heteroatoms. The van der Waals surface area contributed by atoms with Crippen LogP contribution in [-0.4, -0.2) is 45.2 Å². The fourth-order valence-electron chi connectivity index (χ4n) is 2.21. The van der Waals surface area contributed by atoms with Crippen LogP contribution in [0.3, 0.4) is 0 Å². The van der Waals surface area contributed by atoms with E-state index in [9.17, 15) is 9.59 Å². The van der Waals surface area contributed by atoms with Crippen LogP contribution in [0.2, 0.25) is 0 Å². The molecule has 1 unspecified atom stereocenters. The van der Waals surface area contributed by atoms with Crippen molar-refractivity contribution in [2.75, 3.05) is 11.6 Å². The van der Waals surface area contributed by atoms with Gasteiger partial charge in [-0.3, -0.25) is 14.7 Å². The summed E-state index contributed by atoms with van der Waals surface area (Å²) in [7, 11) is 0. The predicted molar refractivity (Wildman–Crippen MR) is 90.0 cm³/mol. The zero-order valence-corrected chi connectivity index (χ0v) is 14.7. The van der Waals surface area contributed by atoms with Gasteiger partial charge in [-0.1, -0.05) is 0 Å². The first kappa shape index (κ1) is 17.6. The Hall–Kier alpha value is -1.76. The summed E-state index contributed by atoms with van der Waals surface area (Å²) in [5.74, 6) is 0.885. The highest BCUT2D eigenvalue weighted by Gasteiger charge is 2.37. The molecule has 23 heavy (non-hydrogen) atoms. The minimum atomic E-state index is -0.574. The number of hydrogen-bond acceptors (Lipinski definition) is 5. The van der Waals surface area contributed by atoms with Crippen LogP contribution in [0.4, 0.5) is 4.79 Å². The van der Waals surface area contributed by atoms with Gasteiger partial charge in [0.25, 0.3) is 0 Å². The number of thioether (sulfide) groups is 1. The van der Waals surface area contributed by atoms with E-state index < -0.39 is 17.7 Å². The van der Waals surface area contributed by atoms with E-state index in [4.69, 9.17) is 4.74 Å². The van der Waals surface area contributed by atoms with Crippen LogP contribution in [0, 0.1) is 0 Å². The molecule has 1 N–H and O–H groups in total. The number of nitrogens with zero attached hydrogens (tertiary/aromatic N) is 2. The van der Waals surface area contributed by atoms with Gasteiger partial charge in [-0.25, -0.2) is 4.79 Å². The largest absolute Gasteiger partial charge is 0.444 e. The third kappa shape index (κ3) is 4.86. The second kappa shape index (κ2) is 7.21. The predicted octanol–water partition coefficient (Wildman–Crippen LogP) is 2.57. The molecule has 1 fully saturated rings. The fraction of sp³-hybridized carbons (Fsp3) is 0.562. The molecule has 1 aliphatic rings. The molecule has 6 nitrogen and oxygen atoms in total. The van der Waals surface area contributed by atoms with E-state index in [1.807, 2.05) is 39.8 Å². The normalized spacial score (nSPS) is 19.3. The Morgan fingerprint density at radius 1 is 1.39 bits per heavy atom. The van der Waals surface area contributed by atoms with Gasteiger partial charge in [-0.15, -0.1) is 11.8 Å². The van der Waals surface area contributed by atoms with Crippen molar-refractivity contribution in [3.05, 3.63) is 30.1 Å². The zero-order chi connectivity index (χ0) is 17.0. The molecule has 0 bridgehead atoms. The molecule has 1 aliphatic heterocycles. The number of carbonyl (C=O) groups is 2. The summed E-state index contributed by atoms with van der Waals surface area (Å²) in [6.07, 6.45) is 2.94. The first-order valence-electron chi connectivity index (χ1n) is 7.55. The molecule has 0 aromatic carbocycles. The van der Waals surface area contributed by atoms with E-state index in [1.165, 1.54) is 4.90 Å². The summed E-state index contributed by atoms with van der Waals surface area (Å²) in [4.78, 5) is 30.2. The van der Waals surface area contributed by atoms with E-state index in [0.29, 0.717) is 11.6 Å². The Balaban J connectivity index is 1.99. The molecule has 2 heterocycles. The fourth-order valence-corrected chi connectivity index (χ4v) is 3.35. The van der Waals surface area contributed by atoms with Gasteiger partial charge in [-0.2, -0.15) is 0 Å². The van der Waals surface area contributed by atoms with Gasteiger partial charge in [0.2, 0.25) is 5.91 Å². The topological polar surface area (TPSA) is 71.5 Å². The molecule has 0 saturated carbocycles. The van der Waals surface area contributed by atoms with Crippen molar-refractivity contribution in [3.8, 4) is 0 Å². The summed E-state index contributed by atoms with van der Waals surface area (Å²) in [5, 5.41) is 2.96. The summed E-state index contributed by atoms with van der Waals surface area (Å²) in [5.41, 5.74) is 0.401. The number of ether oxygens (including phenoxy) is 1. The molecule has 2 atom stereocenters. The quantitative estimate of drug-likeness (QED) is 0.918. The molecule has 2 amide bonds. The van der Waals surface area contributed by atoms with Crippen molar-refractivity contribution in [1.82, 2.24) is 15.2 Å². The Kier molecular flexibility index (Phi) is 5.51. The number of hydrogen-bond donors (Lipinski definition) is 1. The molecule has 126 valence electrons. The van der Waals surface area contributed by atoms with Crippen molar-refractivity contribution in [2.24, 2.45) is 0 Å². The monoisotopic (exact) mass is 337 g/mol. The molecular weight excluding hydrogens is 314 g/mol. The Labute approximate surface area is 141 Å². The van der Waals surface area contributed by atoms with Crippen LogP contribution >= 0.6 is 11.8 Å². The van der Waals surface area contributed by atoms with E-state index in [1.54, 1.807) is 24.2 Å². The standard InChI is InChI=1S/C16H23N3O3S/c1-11(12-5-7-17-8-6-12)18-14(20)13-9-23-10-19(13)15(21)22-16(2,3)4/h5-8,11,13H,9-10H2,1-4H3,(H,18,20)/t11?,13-/m1/s1. The number of nitrogens with one attached hydrogen (secondary N) is 1. The zero-order valence-electron chi connectivity index (χ0n) is 13.9. The second-order valence-electron chi connectivity index (χ2n) is 6.48. The number of aromatic nitrogens is 1. The van der Waals surface area contributed by atoms with Gasteiger partial charge in [-0.05, 0) is 45.4 Å². The third-order valence-electron chi connectivity index (χ3n) is 3.38. The molecule has 0 spiro atoms. The van der Waals surface area contributed by atoms with Crippen LogP contribution in [0.1, 0.15) is 39.3 Å². The smallest absolute Gasteiger partial charge is 0.411 e. The lowest BCUT2D eigenvalue weighted by atomic mass is 10.1. The van der Waals surface area contributed by atoms with E-state index in [-0.39, 0.29) is 11.9 Å². The number of amides is 2.